The first-order valence-electron chi connectivity index (χ1n) is 9.10. The van der Waals surface area contributed by atoms with Crippen LogP contribution in [0.4, 0.5) is 5.82 Å². The van der Waals surface area contributed by atoms with E-state index in [4.69, 9.17) is 4.74 Å². The van der Waals surface area contributed by atoms with Crippen molar-refractivity contribution in [3.05, 3.63) is 16.8 Å². The van der Waals surface area contributed by atoms with Crippen molar-refractivity contribution in [2.24, 2.45) is 5.92 Å². The van der Waals surface area contributed by atoms with E-state index < -0.39 is 0 Å². The SMILES string of the molecule is C[C@H]1CCc2sc3ncnc(NCCCN4CCOCC4)c3c2C1. The first-order valence-corrected chi connectivity index (χ1v) is 9.92. The summed E-state index contributed by atoms with van der Waals surface area (Å²) in [6, 6.07) is 0. The fourth-order valence-electron chi connectivity index (χ4n) is 3.75. The van der Waals surface area contributed by atoms with Gasteiger partial charge < -0.3 is 10.1 Å². The van der Waals surface area contributed by atoms with Crippen molar-refractivity contribution in [1.29, 1.82) is 0 Å². The van der Waals surface area contributed by atoms with Crippen molar-refractivity contribution in [3.63, 3.8) is 0 Å². The van der Waals surface area contributed by atoms with Gasteiger partial charge in [-0.15, -0.1) is 11.3 Å². The fourth-order valence-corrected chi connectivity index (χ4v) is 4.93. The predicted octanol–water partition coefficient (Wildman–Crippen LogP) is 2.95. The van der Waals surface area contributed by atoms with Gasteiger partial charge >= 0.3 is 0 Å². The Morgan fingerprint density at radius 1 is 1.33 bits per heavy atom. The molecular weight excluding hydrogens is 320 g/mol. The van der Waals surface area contributed by atoms with Crippen LogP contribution in [0.3, 0.4) is 0 Å². The monoisotopic (exact) mass is 346 g/mol. The Morgan fingerprint density at radius 3 is 3.08 bits per heavy atom. The fraction of sp³-hybridized carbons (Fsp3) is 0.667. The second-order valence-electron chi connectivity index (χ2n) is 6.99. The molecule has 0 spiro atoms. The van der Waals surface area contributed by atoms with Crippen molar-refractivity contribution in [1.82, 2.24) is 14.9 Å². The van der Waals surface area contributed by atoms with Gasteiger partial charge in [0.05, 0.1) is 18.6 Å². The largest absolute Gasteiger partial charge is 0.379 e. The van der Waals surface area contributed by atoms with Gasteiger partial charge in [-0.2, -0.15) is 0 Å². The van der Waals surface area contributed by atoms with Gasteiger partial charge in [0.25, 0.3) is 0 Å². The molecular formula is C18H26N4OS. The highest BCUT2D eigenvalue weighted by Crippen LogP contribution is 2.39. The quantitative estimate of drug-likeness (QED) is 0.844. The van der Waals surface area contributed by atoms with E-state index in [-0.39, 0.29) is 0 Å². The Labute approximate surface area is 147 Å². The summed E-state index contributed by atoms with van der Waals surface area (Å²) in [7, 11) is 0. The Hall–Kier alpha value is -1.24. The van der Waals surface area contributed by atoms with Gasteiger partial charge in [0.2, 0.25) is 0 Å². The Balaban J connectivity index is 1.43. The minimum absolute atomic E-state index is 0.768. The van der Waals surface area contributed by atoms with E-state index in [1.54, 1.807) is 6.33 Å². The van der Waals surface area contributed by atoms with Crippen LogP contribution in [0, 0.1) is 5.92 Å². The van der Waals surface area contributed by atoms with Crippen LogP contribution in [-0.2, 0) is 17.6 Å². The number of fused-ring (bicyclic) bond motifs is 3. The lowest BCUT2D eigenvalue weighted by atomic mass is 9.88. The van der Waals surface area contributed by atoms with Gasteiger partial charge in [0.15, 0.2) is 0 Å². The number of aromatic nitrogens is 2. The molecule has 4 rings (SSSR count). The topological polar surface area (TPSA) is 50.3 Å². The molecule has 0 amide bonds. The van der Waals surface area contributed by atoms with Crippen LogP contribution in [0.2, 0.25) is 0 Å². The summed E-state index contributed by atoms with van der Waals surface area (Å²) in [5.41, 5.74) is 1.50. The lowest BCUT2D eigenvalue weighted by molar-refractivity contribution is 0.0378. The van der Waals surface area contributed by atoms with Crippen LogP contribution in [0.15, 0.2) is 6.33 Å². The molecule has 0 radical (unpaired) electrons. The first-order chi connectivity index (χ1) is 11.8. The molecule has 2 aliphatic rings. The second kappa shape index (κ2) is 7.33. The van der Waals surface area contributed by atoms with E-state index in [1.165, 1.54) is 35.1 Å². The summed E-state index contributed by atoms with van der Waals surface area (Å²) in [5, 5.41) is 4.86. The van der Waals surface area contributed by atoms with Crippen molar-refractivity contribution in [3.8, 4) is 0 Å². The number of morpholine rings is 1. The molecule has 0 aromatic carbocycles. The Bertz CT molecular complexity index is 696. The molecule has 0 saturated carbocycles. The van der Waals surface area contributed by atoms with E-state index in [0.717, 1.165) is 62.4 Å². The smallest absolute Gasteiger partial charge is 0.138 e. The van der Waals surface area contributed by atoms with Gasteiger partial charge in [0.1, 0.15) is 17.0 Å². The Morgan fingerprint density at radius 2 is 2.21 bits per heavy atom. The maximum absolute atomic E-state index is 5.40. The van der Waals surface area contributed by atoms with E-state index >= 15 is 0 Å². The van der Waals surface area contributed by atoms with Crippen molar-refractivity contribution >= 4 is 27.4 Å². The maximum atomic E-state index is 5.40. The van der Waals surface area contributed by atoms with Gasteiger partial charge in [-0.05, 0) is 43.7 Å². The van der Waals surface area contributed by atoms with Crippen LogP contribution in [-0.4, -0.2) is 54.3 Å². The molecule has 0 unspecified atom stereocenters. The third-order valence-electron chi connectivity index (χ3n) is 5.13. The summed E-state index contributed by atoms with van der Waals surface area (Å²) in [5.74, 6) is 1.80. The third-order valence-corrected chi connectivity index (χ3v) is 6.33. The Kier molecular flexibility index (Phi) is 4.96. The van der Waals surface area contributed by atoms with Crippen LogP contribution in [0.25, 0.3) is 10.2 Å². The number of rotatable bonds is 5. The highest BCUT2D eigenvalue weighted by molar-refractivity contribution is 7.19. The zero-order valence-electron chi connectivity index (χ0n) is 14.4. The normalized spacial score (nSPS) is 21.8. The molecule has 1 saturated heterocycles. The van der Waals surface area contributed by atoms with Crippen molar-refractivity contribution in [2.45, 2.75) is 32.6 Å². The summed E-state index contributed by atoms with van der Waals surface area (Å²) in [4.78, 5) is 14.2. The molecule has 0 bridgehead atoms. The zero-order chi connectivity index (χ0) is 16.4. The number of nitrogens with zero attached hydrogens (tertiary/aromatic N) is 3. The molecule has 1 N–H and O–H groups in total. The number of hydrogen-bond donors (Lipinski definition) is 1. The molecule has 6 heteroatoms. The standard InChI is InChI=1S/C18H26N4OS/c1-13-3-4-15-14(11-13)16-17(20-12-21-18(16)24-15)19-5-2-6-22-7-9-23-10-8-22/h12-13H,2-11H2,1H3,(H,19,20,21)/t13-/m0/s1. The number of anilines is 1. The van der Waals surface area contributed by atoms with E-state index in [0.29, 0.717) is 0 Å². The summed E-state index contributed by atoms with van der Waals surface area (Å²) in [6.45, 7) is 8.32. The first kappa shape index (κ1) is 16.2. The molecule has 1 atom stereocenters. The molecule has 130 valence electrons. The predicted molar refractivity (Wildman–Crippen MR) is 99.0 cm³/mol. The van der Waals surface area contributed by atoms with Gasteiger partial charge in [-0.3, -0.25) is 4.90 Å². The summed E-state index contributed by atoms with van der Waals surface area (Å²) in [6.07, 6.45) is 6.51. The summed E-state index contributed by atoms with van der Waals surface area (Å²) < 4.78 is 5.40. The number of hydrogen-bond acceptors (Lipinski definition) is 6. The molecule has 1 aliphatic carbocycles. The molecule has 3 heterocycles. The van der Waals surface area contributed by atoms with Crippen LogP contribution >= 0.6 is 11.3 Å². The van der Waals surface area contributed by atoms with Gasteiger partial charge in [-0.25, -0.2) is 9.97 Å². The minimum Gasteiger partial charge on any atom is -0.379 e. The molecule has 1 fully saturated rings. The van der Waals surface area contributed by atoms with E-state index in [2.05, 4.69) is 27.1 Å². The van der Waals surface area contributed by atoms with Crippen LogP contribution in [0.1, 0.15) is 30.2 Å². The van der Waals surface area contributed by atoms with E-state index in [9.17, 15) is 0 Å². The second-order valence-corrected chi connectivity index (χ2v) is 8.07. The minimum atomic E-state index is 0.768. The molecule has 1 aliphatic heterocycles. The average Bonchev–Trinajstić information content (AvgIpc) is 2.98. The van der Waals surface area contributed by atoms with Crippen LogP contribution in [0.5, 0.6) is 0 Å². The summed E-state index contributed by atoms with van der Waals surface area (Å²) >= 11 is 1.86. The van der Waals surface area contributed by atoms with Crippen LogP contribution < -0.4 is 5.32 Å². The number of aryl methyl sites for hydroxylation is 1. The highest BCUT2D eigenvalue weighted by Gasteiger charge is 2.23. The number of nitrogens with one attached hydrogen (secondary N) is 1. The van der Waals surface area contributed by atoms with Gasteiger partial charge in [-0.1, -0.05) is 6.92 Å². The highest BCUT2D eigenvalue weighted by atomic mass is 32.1. The average molecular weight is 347 g/mol. The van der Waals surface area contributed by atoms with Gasteiger partial charge in [0, 0.05) is 24.5 Å². The zero-order valence-corrected chi connectivity index (χ0v) is 15.2. The third kappa shape index (κ3) is 3.41. The molecule has 2 aromatic rings. The maximum Gasteiger partial charge on any atom is 0.138 e. The lowest BCUT2D eigenvalue weighted by Crippen LogP contribution is -2.37. The lowest BCUT2D eigenvalue weighted by Gasteiger charge is -2.26. The number of thiophene rings is 1. The molecule has 24 heavy (non-hydrogen) atoms. The molecule has 5 nitrogen and oxygen atoms in total. The molecule has 2 aromatic heterocycles. The van der Waals surface area contributed by atoms with Crippen molar-refractivity contribution < 1.29 is 4.74 Å². The van der Waals surface area contributed by atoms with Crippen molar-refractivity contribution in [2.75, 3.05) is 44.7 Å². The number of ether oxygens (including phenoxy) is 1. The van der Waals surface area contributed by atoms with E-state index in [1.807, 2.05) is 11.3 Å².